The second-order valence-corrected chi connectivity index (χ2v) is 2.26. The summed E-state index contributed by atoms with van der Waals surface area (Å²) in [7, 11) is 0. The van der Waals surface area contributed by atoms with Crippen molar-refractivity contribution in [2.24, 2.45) is 5.92 Å². The van der Waals surface area contributed by atoms with Crippen LogP contribution in [0.3, 0.4) is 0 Å². The van der Waals surface area contributed by atoms with Crippen LogP contribution in [0.1, 0.15) is 19.8 Å². The summed E-state index contributed by atoms with van der Waals surface area (Å²) in [6, 6.07) is 0. The van der Waals surface area contributed by atoms with Crippen molar-refractivity contribution >= 4 is 0 Å². The molecule has 0 nitrogen and oxygen atoms in total. The lowest BCUT2D eigenvalue weighted by molar-refractivity contribution is 0.462. The summed E-state index contributed by atoms with van der Waals surface area (Å²) in [5.74, 6) is 0.942. The molecule has 0 radical (unpaired) electrons. The normalized spacial score (nSPS) is 23.8. The van der Waals surface area contributed by atoms with Crippen LogP contribution in [0.15, 0.2) is 12.2 Å². The van der Waals surface area contributed by atoms with E-state index in [1.54, 1.807) is 0 Å². The largest absolute Gasteiger partial charge is 0.0998 e. The Bertz CT molecular complexity index is 64.1. The number of allylic oxidation sites excluding steroid dienone is 1. The molecule has 0 atom stereocenters. The van der Waals surface area contributed by atoms with Gasteiger partial charge in [0.15, 0.2) is 0 Å². The number of hydrogen-bond acceptors (Lipinski definition) is 0. The highest BCUT2D eigenvalue weighted by molar-refractivity contribution is 5.05. The predicted molar refractivity (Wildman–Crippen MR) is 27.5 cm³/mol. The molecule has 0 aromatic heterocycles. The molecule has 0 aromatic rings. The Morgan fingerprint density at radius 1 is 1.67 bits per heavy atom. The highest BCUT2D eigenvalue weighted by atomic mass is 14.2. The Labute approximate surface area is 38.9 Å². The van der Waals surface area contributed by atoms with E-state index < -0.39 is 0 Å². The fraction of sp³-hybridized carbons (Fsp3) is 0.667. The van der Waals surface area contributed by atoms with Gasteiger partial charge in [-0.25, -0.2) is 0 Å². The molecule has 1 saturated carbocycles. The molecule has 1 aliphatic carbocycles. The fourth-order valence-corrected chi connectivity index (χ4v) is 0.926. The van der Waals surface area contributed by atoms with Crippen molar-refractivity contribution in [3.05, 3.63) is 12.2 Å². The third kappa shape index (κ3) is 0.469. The maximum absolute atomic E-state index is 3.81. The van der Waals surface area contributed by atoms with E-state index in [-0.39, 0.29) is 0 Å². The summed E-state index contributed by atoms with van der Waals surface area (Å²) in [6.07, 6.45) is 2.56. The molecule has 0 unspecified atom stereocenters. The third-order valence-electron chi connectivity index (χ3n) is 1.27. The number of hydrogen-bond donors (Lipinski definition) is 0. The molecule has 0 heterocycles. The Hall–Kier alpha value is -0.260. The van der Waals surface area contributed by atoms with Crippen LogP contribution in [-0.4, -0.2) is 0 Å². The lowest BCUT2D eigenvalue weighted by atomic mass is 9.83. The van der Waals surface area contributed by atoms with Gasteiger partial charge in [-0.2, -0.15) is 0 Å². The SMILES string of the molecule is C=C1CC(C)C1. The summed E-state index contributed by atoms with van der Waals surface area (Å²) in [6.45, 7) is 6.07. The van der Waals surface area contributed by atoms with Gasteiger partial charge in [0.05, 0.1) is 0 Å². The minimum Gasteiger partial charge on any atom is -0.0998 e. The highest BCUT2D eigenvalue weighted by Gasteiger charge is 2.14. The van der Waals surface area contributed by atoms with Gasteiger partial charge in [-0.1, -0.05) is 19.1 Å². The lowest BCUT2D eigenvalue weighted by Crippen LogP contribution is -2.08. The van der Waals surface area contributed by atoms with Crippen molar-refractivity contribution in [3.8, 4) is 0 Å². The Morgan fingerprint density at radius 2 is 2.17 bits per heavy atom. The monoisotopic (exact) mass is 82.1 g/mol. The lowest BCUT2D eigenvalue weighted by Gasteiger charge is -2.23. The van der Waals surface area contributed by atoms with E-state index in [1.165, 1.54) is 18.4 Å². The molecule has 0 aromatic carbocycles. The summed E-state index contributed by atoms with van der Waals surface area (Å²) in [4.78, 5) is 0. The van der Waals surface area contributed by atoms with Crippen molar-refractivity contribution < 1.29 is 0 Å². The minimum absolute atomic E-state index is 0.942. The highest BCUT2D eigenvalue weighted by Crippen LogP contribution is 2.29. The molecule has 0 saturated heterocycles. The van der Waals surface area contributed by atoms with Crippen LogP contribution in [-0.2, 0) is 0 Å². The van der Waals surface area contributed by atoms with E-state index in [2.05, 4.69) is 13.5 Å². The zero-order valence-corrected chi connectivity index (χ0v) is 4.20. The van der Waals surface area contributed by atoms with Gasteiger partial charge in [-0.3, -0.25) is 0 Å². The van der Waals surface area contributed by atoms with Crippen LogP contribution in [0, 0.1) is 5.92 Å². The molecule has 0 spiro atoms. The van der Waals surface area contributed by atoms with Crippen molar-refractivity contribution in [1.82, 2.24) is 0 Å². The van der Waals surface area contributed by atoms with Gasteiger partial charge in [0.1, 0.15) is 0 Å². The Balaban J connectivity index is 2.28. The zero-order valence-electron chi connectivity index (χ0n) is 4.20. The summed E-state index contributed by atoms with van der Waals surface area (Å²) >= 11 is 0. The molecule has 0 aliphatic heterocycles. The first-order valence-electron chi connectivity index (χ1n) is 2.45. The standard InChI is InChI=1S/C6H10/c1-5-3-6(2)4-5/h6H,1,3-4H2,2H3. The zero-order chi connectivity index (χ0) is 4.57. The quantitative estimate of drug-likeness (QED) is 0.392. The van der Waals surface area contributed by atoms with Crippen LogP contribution in [0.5, 0.6) is 0 Å². The molecule has 0 amide bonds. The van der Waals surface area contributed by atoms with Gasteiger partial charge in [-0.05, 0) is 18.8 Å². The molecule has 0 heteroatoms. The smallest absolute Gasteiger partial charge is 0.0294 e. The van der Waals surface area contributed by atoms with Gasteiger partial charge in [0.2, 0.25) is 0 Å². The first-order valence-corrected chi connectivity index (χ1v) is 2.45. The van der Waals surface area contributed by atoms with Gasteiger partial charge in [0, 0.05) is 0 Å². The molecule has 6 heavy (non-hydrogen) atoms. The first-order chi connectivity index (χ1) is 2.79. The summed E-state index contributed by atoms with van der Waals surface area (Å²) in [5.41, 5.74) is 1.43. The van der Waals surface area contributed by atoms with Crippen molar-refractivity contribution in [1.29, 1.82) is 0 Å². The van der Waals surface area contributed by atoms with Crippen molar-refractivity contribution in [3.63, 3.8) is 0 Å². The maximum atomic E-state index is 3.81. The molecule has 1 rings (SSSR count). The van der Waals surface area contributed by atoms with E-state index in [1.807, 2.05) is 0 Å². The van der Waals surface area contributed by atoms with E-state index in [9.17, 15) is 0 Å². The van der Waals surface area contributed by atoms with Crippen LogP contribution in [0.25, 0.3) is 0 Å². The van der Waals surface area contributed by atoms with E-state index in [0.717, 1.165) is 5.92 Å². The molecule has 1 aliphatic rings. The average molecular weight is 82.1 g/mol. The topological polar surface area (TPSA) is 0 Å². The van der Waals surface area contributed by atoms with Crippen LogP contribution < -0.4 is 0 Å². The second kappa shape index (κ2) is 1.11. The van der Waals surface area contributed by atoms with Crippen LogP contribution in [0.2, 0.25) is 0 Å². The van der Waals surface area contributed by atoms with E-state index in [0.29, 0.717) is 0 Å². The first kappa shape index (κ1) is 3.91. The predicted octanol–water partition coefficient (Wildman–Crippen LogP) is 1.97. The summed E-state index contributed by atoms with van der Waals surface area (Å²) in [5, 5.41) is 0. The van der Waals surface area contributed by atoms with Gasteiger partial charge >= 0.3 is 0 Å². The molecule has 0 bridgehead atoms. The second-order valence-electron chi connectivity index (χ2n) is 2.26. The summed E-state index contributed by atoms with van der Waals surface area (Å²) < 4.78 is 0. The Kier molecular flexibility index (Phi) is 0.722. The molecule has 34 valence electrons. The van der Waals surface area contributed by atoms with Crippen molar-refractivity contribution in [2.75, 3.05) is 0 Å². The average Bonchev–Trinajstić information content (AvgIpc) is 1.33. The Morgan fingerprint density at radius 3 is 2.17 bits per heavy atom. The van der Waals surface area contributed by atoms with Gasteiger partial charge in [0.25, 0.3) is 0 Å². The van der Waals surface area contributed by atoms with Crippen LogP contribution >= 0.6 is 0 Å². The minimum atomic E-state index is 0.942. The molecule has 1 fully saturated rings. The van der Waals surface area contributed by atoms with E-state index >= 15 is 0 Å². The van der Waals surface area contributed by atoms with Crippen LogP contribution in [0.4, 0.5) is 0 Å². The van der Waals surface area contributed by atoms with Crippen molar-refractivity contribution in [2.45, 2.75) is 19.8 Å². The fourth-order valence-electron chi connectivity index (χ4n) is 0.926. The number of rotatable bonds is 0. The van der Waals surface area contributed by atoms with Gasteiger partial charge in [-0.15, -0.1) is 0 Å². The molecular formula is C6H10. The van der Waals surface area contributed by atoms with Gasteiger partial charge < -0.3 is 0 Å². The maximum Gasteiger partial charge on any atom is -0.0294 e. The van der Waals surface area contributed by atoms with E-state index in [4.69, 9.17) is 0 Å². The molecular weight excluding hydrogens is 72.1 g/mol. The third-order valence-corrected chi connectivity index (χ3v) is 1.27. The molecule has 0 N–H and O–H groups in total.